The summed E-state index contributed by atoms with van der Waals surface area (Å²) in [4.78, 5) is 28.2. The van der Waals surface area contributed by atoms with E-state index >= 15 is 0 Å². The van der Waals surface area contributed by atoms with Gasteiger partial charge in [0.25, 0.3) is 0 Å². The molecule has 3 aromatic carbocycles. The molecule has 0 fully saturated rings. The van der Waals surface area contributed by atoms with E-state index in [2.05, 4.69) is 5.32 Å². The molecule has 0 spiro atoms. The van der Waals surface area contributed by atoms with Crippen LogP contribution in [0.2, 0.25) is 0 Å². The molecule has 38 heavy (non-hydrogen) atoms. The van der Waals surface area contributed by atoms with Gasteiger partial charge in [-0.15, -0.1) is 0 Å². The first-order chi connectivity index (χ1) is 18.2. The van der Waals surface area contributed by atoms with Crippen molar-refractivity contribution in [2.45, 2.75) is 19.0 Å². The number of sulfonamides is 1. The van der Waals surface area contributed by atoms with Gasteiger partial charge in [0.15, 0.2) is 11.5 Å². The van der Waals surface area contributed by atoms with E-state index in [-0.39, 0.29) is 25.4 Å². The number of fused-ring (bicyclic) bond motifs is 1. The average molecular weight is 542 g/mol. The number of nitrogens with zero attached hydrogens (tertiary/aromatic N) is 2. The Bertz CT molecular complexity index is 1400. The minimum absolute atomic E-state index is 0.00926. The molecular formula is C27H28FN3O6S. The molecule has 1 heterocycles. The molecule has 1 aliphatic rings. The van der Waals surface area contributed by atoms with Gasteiger partial charge >= 0.3 is 0 Å². The van der Waals surface area contributed by atoms with Crippen LogP contribution in [-0.4, -0.2) is 57.8 Å². The van der Waals surface area contributed by atoms with Crippen molar-refractivity contribution in [3.8, 4) is 11.5 Å². The van der Waals surface area contributed by atoms with Crippen LogP contribution >= 0.6 is 0 Å². The van der Waals surface area contributed by atoms with Crippen molar-refractivity contribution in [1.82, 2.24) is 10.2 Å². The van der Waals surface area contributed by atoms with Crippen LogP contribution in [0.1, 0.15) is 11.1 Å². The first-order valence-corrected chi connectivity index (χ1v) is 13.7. The number of rotatable bonds is 10. The Morgan fingerprint density at radius 2 is 1.66 bits per heavy atom. The molecule has 0 aliphatic carbocycles. The number of amides is 2. The Kier molecular flexibility index (Phi) is 8.16. The van der Waals surface area contributed by atoms with Gasteiger partial charge in [0.2, 0.25) is 28.6 Å². The van der Waals surface area contributed by atoms with Crippen LogP contribution in [0.15, 0.2) is 72.8 Å². The molecule has 0 unspecified atom stereocenters. The third-order valence-electron chi connectivity index (χ3n) is 6.11. The molecule has 1 N–H and O–H groups in total. The molecule has 0 radical (unpaired) electrons. The number of carbonyl (C=O) groups excluding carboxylic acids is 2. The van der Waals surface area contributed by atoms with E-state index < -0.39 is 40.2 Å². The van der Waals surface area contributed by atoms with Gasteiger partial charge in [0.05, 0.1) is 11.9 Å². The molecule has 11 heteroatoms. The number of hydrogen-bond donors (Lipinski definition) is 1. The zero-order valence-corrected chi connectivity index (χ0v) is 21.8. The molecule has 1 atom stereocenters. The van der Waals surface area contributed by atoms with Crippen LogP contribution in [0.25, 0.3) is 0 Å². The van der Waals surface area contributed by atoms with Crippen molar-refractivity contribution in [2.24, 2.45) is 0 Å². The molecule has 2 amide bonds. The number of hydrogen-bond acceptors (Lipinski definition) is 6. The summed E-state index contributed by atoms with van der Waals surface area (Å²) < 4.78 is 50.8. The highest BCUT2D eigenvalue weighted by atomic mass is 32.2. The standard InChI is InChI=1S/C27H28FN3O6S/c1-29-27(33)23(14-19-6-4-3-5-7-19)30(16-20-8-10-21(28)11-9-20)26(32)17-31(38(2,34)35)22-12-13-24-25(15-22)37-18-36-24/h3-13,15,23H,14,16-18H2,1-2H3,(H,29,33)/t23-/m0/s1. The van der Waals surface area contributed by atoms with Gasteiger partial charge in [-0.2, -0.15) is 0 Å². The van der Waals surface area contributed by atoms with E-state index in [1.807, 2.05) is 30.3 Å². The van der Waals surface area contributed by atoms with Crippen LogP contribution in [0, 0.1) is 5.82 Å². The van der Waals surface area contributed by atoms with Crippen molar-refractivity contribution in [3.05, 3.63) is 89.7 Å². The van der Waals surface area contributed by atoms with Crippen molar-refractivity contribution < 1.29 is 31.9 Å². The maximum absolute atomic E-state index is 13.8. The van der Waals surface area contributed by atoms with Gasteiger partial charge in [-0.1, -0.05) is 42.5 Å². The maximum Gasteiger partial charge on any atom is 0.244 e. The van der Waals surface area contributed by atoms with Gasteiger partial charge < -0.3 is 19.7 Å². The van der Waals surface area contributed by atoms with Crippen LogP contribution in [0.4, 0.5) is 10.1 Å². The summed E-state index contributed by atoms with van der Waals surface area (Å²) >= 11 is 0. The number of benzene rings is 3. The number of ether oxygens (including phenoxy) is 2. The molecule has 200 valence electrons. The van der Waals surface area contributed by atoms with Gasteiger partial charge in [-0.25, -0.2) is 12.8 Å². The average Bonchev–Trinajstić information content (AvgIpc) is 3.37. The van der Waals surface area contributed by atoms with Crippen LogP contribution in [0.5, 0.6) is 11.5 Å². The van der Waals surface area contributed by atoms with Gasteiger partial charge in [0.1, 0.15) is 18.4 Å². The molecule has 1 aliphatic heterocycles. The van der Waals surface area contributed by atoms with Crippen molar-refractivity contribution >= 4 is 27.5 Å². The summed E-state index contributed by atoms with van der Waals surface area (Å²) in [6.45, 7) is -0.597. The van der Waals surface area contributed by atoms with E-state index in [1.54, 1.807) is 6.07 Å². The second-order valence-electron chi connectivity index (χ2n) is 8.78. The van der Waals surface area contributed by atoms with E-state index in [4.69, 9.17) is 9.47 Å². The molecule has 0 aromatic heterocycles. The summed E-state index contributed by atoms with van der Waals surface area (Å²) in [6.07, 6.45) is 1.19. The normalized spacial score (nSPS) is 13.0. The van der Waals surface area contributed by atoms with Gasteiger partial charge in [-0.3, -0.25) is 13.9 Å². The summed E-state index contributed by atoms with van der Waals surface area (Å²) in [5.74, 6) is -0.641. The SMILES string of the molecule is CNC(=O)[C@H](Cc1ccccc1)N(Cc1ccc(F)cc1)C(=O)CN(c1ccc2c(c1)OCO2)S(C)(=O)=O. The second kappa shape index (κ2) is 11.5. The molecule has 4 rings (SSSR count). The highest BCUT2D eigenvalue weighted by Crippen LogP contribution is 2.36. The largest absolute Gasteiger partial charge is 0.454 e. The minimum atomic E-state index is -3.91. The lowest BCUT2D eigenvalue weighted by atomic mass is 10.0. The Labute approximate surface area is 220 Å². The lowest BCUT2D eigenvalue weighted by Crippen LogP contribution is -2.52. The fourth-order valence-corrected chi connectivity index (χ4v) is 5.00. The summed E-state index contributed by atoms with van der Waals surface area (Å²) in [5, 5.41) is 2.60. The first-order valence-electron chi connectivity index (χ1n) is 11.8. The Morgan fingerprint density at radius 1 is 0.974 bits per heavy atom. The van der Waals surface area contributed by atoms with Crippen molar-refractivity contribution in [3.63, 3.8) is 0 Å². The molecule has 0 saturated heterocycles. The highest BCUT2D eigenvalue weighted by molar-refractivity contribution is 7.92. The van der Waals surface area contributed by atoms with Crippen molar-refractivity contribution in [2.75, 3.05) is 30.9 Å². The fourth-order valence-electron chi connectivity index (χ4n) is 4.16. The Hall–Kier alpha value is -4.12. The topological polar surface area (TPSA) is 105 Å². The van der Waals surface area contributed by atoms with Crippen LogP contribution in [0.3, 0.4) is 0 Å². The predicted molar refractivity (Wildman–Crippen MR) is 140 cm³/mol. The highest BCUT2D eigenvalue weighted by Gasteiger charge is 2.33. The van der Waals surface area contributed by atoms with Crippen LogP contribution in [-0.2, 0) is 32.6 Å². The minimum Gasteiger partial charge on any atom is -0.454 e. The maximum atomic E-state index is 13.8. The first kappa shape index (κ1) is 26.9. The third kappa shape index (κ3) is 6.41. The predicted octanol–water partition coefficient (Wildman–Crippen LogP) is 2.71. The summed E-state index contributed by atoms with van der Waals surface area (Å²) in [7, 11) is -2.44. The van der Waals surface area contributed by atoms with Gasteiger partial charge in [-0.05, 0) is 35.4 Å². The fraction of sp³-hybridized carbons (Fsp3) is 0.259. The lowest BCUT2D eigenvalue weighted by molar-refractivity contribution is -0.139. The monoisotopic (exact) mass is 541 g/mol. The Morgan fingerprint density at radius 3 is 2.32 bits per heavy atom. The van der Waals surface area contributed by atoms with Crippen LogP contribution < -0.4 is 19.1 Å². The molecule has 3 aromatic rings. The van der Waals surface area contributed by atoms with Crippen molar-refractivity contribution in [1.29, 1.82) is 0 Å². The summed E-state index contributed by atoms with van der Waals surface area (Å²) in [5.41, 5.74) is 1.61. The molecule has 9 nitrogen and oxygen atoms in total. The quantitative estimate of drug-likeness (QED) is 0.423. The zero-order valence-electron chi connectivity index (χ0n) is 21.0. The zero-order chi connectivity index (χ0) is 27.3. The number of carbonyl (C=O) groups is 2. The molecule has 0 saturated carbocycles. The number of likely N-dealkylation sites (N-methyl/N-ethyl adjacent to an activating group) is 1. The van der Waals surface area contributed by atoms with E-state index in [1.165, 1.54) is 48.3 Å². The smallest absolute Gasteiger partial charge is 0.244 e. The Balaban J connectivity index is 1.70. The molecule has 0 bridgehead atoms. The molecular weight excluding hydrogens is 513 g/mol. The number of nitrogens with one attached hydrogen (secondary N) is 1. The van der Waals surface area contributed by atoms with E-state index in [0.717, 1.165) is 16.1 Å². The number of halogens is 1. The second-order valence-corrected chi connectivity index (χ2v) is 10.7. The van der Waals surface area contributed by atoms with E-state index in [9.17, 15) is 22.4 Å². The number of anilines is 1. The van der Waals surface area contributed by atoms with Gasteiger partial charge in [0, 0.05) is 26.1 Å². The van der Waals surface area contributed by atoms with E-state index in [0.29, 0.717) is 17.1 Å². The lowest BCUT2D eigenvalue weighted by Gasteiger charge is -2.33. The summed E-state index contributed by atoms with van der Waals surface area (Å²) in [6, 6.07) is 18.4. The third-order valence-corrected chi connectivity index (χ3v) is 7.25.